The molecule has 0 spiro atoms. The van der Waals surface area contributed by atoms with Crippen molar-refractivity contribution in [1.29, 1.82) is 0 Å². The molecule has 3 aliphatic heterocycles. The molecule has 0 bridgehead atoms. The molecular formula is C15H15N4NaO3S. The van der Waals surface area contributed by atoms with Crippen LogP contribution in [0, 0.1) is 0 Å². The number of aliphatic carboxylic acids is 1. The topological polar surface area (TPSA) is 90.3 Å². The summed E-state index contributed by atoms with van der Waals surface area (Å²) in [6.45, 7) is 5.76. The van der Waals surface area contributed by atoms with Crippen molar-refractivity contribution in [2.45, 2.75) is 37.8 Å². The number of rotatable bonds is 2. The van der Waals surface area contributed by atoms with Crippen LogP contribution in [0.2, 0.25) is 0 Å². The normalized spacial score (nSPS) is 25.5. The molecule has 1 aromatic rings. The molecule has 0 aromatic carbocycles. The molecular weight excluding hydrogens is 339 g/mol. The number of carbonyl (C=O) groups is 2. The number of carboxylic acid groups (broad SMARTS) is 1. The van der Waals surface area contributed by atoms with E-state index in [0.29, 0.717) is 12.1 Å². The molecule has 24 heavy (non-hydrogen) atoms. The van der Waals surface area contributed by atoms with Gasteiger partial charge in [0.2, 0.25) is 0 Å². The number of nitrogens with one attached hydrogen (secondary N) is 1. The van der Waals surface area contributed by atoms with Gasteiger partial charge < -0.3 is 19.8 Å². The average molecular weight is 354 g/mol. The van der Waals surface area contributed by atoms with Crippen molar-refractivity contribution in [3.05, 3.63) is 34.4 Å². The SMILES string of the molecule is CC1(C)Cn2cc(/C=C3\C(=O)N4C(C(=O)[O-])=CSC34)nc2CN1.[Na+]. The van der Waals surface area contributed by atoms with E-state index in [1.54, 1.807) is 6.08 Å². The molecule has 1 N–H and O–H groups in total. The first-order valence-electron chi connectivity index (χ1n) is 7.29. The van der Waals surface area contributed by atoms with Gasteiger partial charge in [0.1, 0.15) is 11.2 Å². The number of fused-ring (bicyclic) bond motifs is 2. The molecule has 9 heteroatoms. The van der Waals surface area contributed by atoms with Gasteiger partial charge in [-0.2, -0.15) is 0 Å². The predicted molar refractivity (Wildman–Crippen MR) is 82.4 cm³/mol. The van der Waals surface area contributed by atoms with E-state index in [1.165, 1.54) is 22.1 Å². The van der Waals surface area contributed by atoms with E-state index in [0.717, 1.165) is 18.1 Å². The number of β-lactam (4-membered cyclic amide) rings is 1. The van der Waals surface area contributed by atoms with Gasteiger partial charge in [-0.15, -0.1) is 11.8 Å². The summed E-state index contributed by atoms with van der Waals surface area (Å²) < 4.78 is 2.09. The molecule has 4 rings (SSSR count). The summed E-state index contributed by atoms with van der Waals surface area (Å²) in [7, 11) is 0. The molecule has 0 saturated carbocycles. The molecule has 1 fully saturated rings. The maximum absolute atomic E-state index is 12.2. The number of aromatic nitrogens is 2. The van der Waals surface area contributed by atoms with E-state index in [1.807, 2.05) is 6.20 Å². The van der Waals surface area contributed by atoms with Gasteiger partial charge in [-0.25, -0.2) is 4.98 Å². The standard InChI is InChI=1S/C15H16N4O3S.Na/c1-15(2)7-18-5-8(17-11(18)4-16-15)3-9-12(20)19-10(14(21)22)6-23-13(9)19;/h3,5-6,13,16H,4,7H2,1-2H3,(H,21,22);/q;+1/p-1/b9-3+;. The fourth-order valence-corrected chi connectivity index (χ4v) is 4.16. The third-order valence-electron chi connectivity index (χ3n) is 4.22. The van der Waals surface area contributed by atoms with E-state index in [2.05, 4.69) is 28.7 Å². The first-order chi connectivity index (χ1) is 10.9. The largest absolute Gasteiger partial charge is 1.00 e. The van der Waals surface area contributed by atoms with Gasteiger partial charge in [0, 0.05) is 18.3 Å². The quantitative estimate of drug-likeness (QED) is 0.339. The Hall–Kier alpha value is -1.06. The average Bonchev–Trinajstić information content (AvgIpc) is 3.04. The zero-order valence-electron chi connectivity index (χ0n) is 13.7. The van der Waals surface area contributed by atoms with Crippen molar-refractivity contribution >= 4 is 29.7 Å². The summed E-state index contributed by atoms with van der Waals surface area (Å²) in [4.78, 5) is 28.9. The number of thioether (sulfide) groups is 1. The molecule has 4 heterocycles. The Bertz CT molecular complexity index is 799. The Labute approximate surface area is 165 Å². The van der Waals surface area contributed by atoms with Crippen LogP contribution in [0.15, 0.2) is 22.9 Å². The van der Waals surface area contributed by atoms with Crippen molar-refractivity contribution in [2.24, 2.45) is 0 Å². The van der Waals surface area contributed by atoms with E-state index >= 15 is 0 Å². The first kappa shape index (κ1) is 17.8. The summed E-state index contributed by atoms with van der Waals surface area (Å²) >= 11 is 1.30. The van der Waals surface area contributed by atoms with Crippen LogP contribution >= 0.6 is 11.8 Å². The monoisotopic (exact) mass is 354 g/mol. The molecule has 1 saturated heterocycles. The van der Waals surface area contributed by atoms with Gasteiger partial charge in [0.05, 0.1) is 29.5 Å². The molecule has 120 valence electrons. The molecule has 7 nitrogen and oxygen atoms in total. The number of imidazole rings is 1. The molecule has 1 aromatic heterocycles. The van der Waals surface area contributed by atoms with E-state index in [4.69, 9.17) is 0 Å². The second kappa shape index (κ2) is 6.03. The third-order valence-corrected chi connectivity index (χ3v) is 5.30. The van der Waals surface area contributed by atoms with E-state index in [-0.39, 0.29) is 52.1 Å². The van der Waals surface area contributed by atoms with Crippen LogP contribution in [0.25, 0.3) is 6.08 Å². The Morgan fingerprint density at radius 2 is 2.29 bits per heavy atom. The third kappa shape index (κ3) is 2.76. The van der Waals surface area contributed by atoms with E-state index < -0.39 is 5.97 Å². The Morgan fingerprint density at radius 3 is 3.00 bits per heavy atom. The second-order valence-electron chi connectivity index (χ2n) is 6.50. The summed E-state index contributed by atoms with van der Waals surface area (Å²) in [6.07, 6.45) is 3.69. The summed E-state index contributed by atoms with van der Waals surface area (Å²) in [5.41, 5.74) is 1.25. The fraction of sp³-hybridized carbons (Fsp3) is 0.400. The number of carboxylic acids is 1. The minimum atomic E-state index is -1.32. The minimum absolute atomic E-state index is 0. The zero-order chi connectivity index (χ0) is 16.4. The van der Waals surface area contributed by atoms with Crippen LogP contribution in [0.1, 0.15) is 25.4 Å². The van der Waals surface area contributed by atoms with Crippen LogP contribution in [0.3, 0.4) is 0 Å². The Balaban J connectivity index is 0.00000169. The van der Waals surface area contributed by atoms with Gasteiger partial charge in [-0.05, 0) is 25.3 Å². The van der Waals surface area contributed by atoms with Crippen LogP contribution in [0.4, 0.5) is 0 Å². The number of hydrogen-bond acceptors (Lipinski definition) is 6. The molecule has 1 unspecified atom stereocenters. The van der Waals surface area contributed by atoms with Crippen molar-refractivity contribution in [1.82, 2.24) is 19.8 Å². The molecule has 3 aliphatic rings. The van der Waals surface area contributed by atoms with Crippen molar-refractivity contribution < 1.29 is 44.3 Å². The minimum Gasteiger partial charge on any atom is -0.543 e. The Morgan fingerprint density at radius 1 is 1.54 bits per heavy atom. The predicted octanol–water partition coefficient (Wildman–Crippen LogP) is -3.34. The van der Waals surface area contributed by atoms with Crippen LogP contribution in [-0.4, -0.2) is 37.2 Å². The number of hydrogen-bond donors (Lipinski definition) is 1. The van der Waals surface area contributed by atoms with Crippen LogP contribution in [-0.2, 0) is 22.7 Å². The summed E-state index contributed by atoms with van der Waals surface area (Å²) in [5, 5.41) is 15.6. The van der Waals surface area contributed by atoms with Crippen LogP contribution in [0.5, 0.6) is 0 Å². The van der Waals surface area contributed by atoms with Crippen molar-refractivity contribution in [3.63, 3.8) is 0 Å². The molecule has 1 amide bonds. The number of carbonyl (C=O) groups excluding carboxylic acids is 2. The zero-order valence-corrected chi connectivity index (χ0v) is 16.5. The van der Waals surface area contributed by atoms with Gasteiger partial charge in [0.15, 0.2) is 0 Å². The molecule has 1 atom stereocenters. The van der Waals surface area contributed by atoms with Gasteiger partial charge >= 0.3 is 29.6 Å². The number of amides is 1. The molecule has 0 aliphatic carbocycles. The maximum atomic E-state index is 12.2. The smallest absolute Gasteiger partial charge is 0.543 e. The molecule has 0 radical (unpaired) electrons. The first-order valence-corrected chi connectivity index (χ1v) is 8.23. The van der Waals surface area contributed by atoms with Crippen LogP contribution < -0.4 is 40.0 Å². The van der Waals surface area contributed by atoms with E-state index in [9.17, 15) is 14.7 Å². The summed E-state index contributed by atoms with van der Waals surface area (Å²) in [5.74, 6) is -0.675. The fourth-order valence-electron chi connectivity index (χ4n) is 3.04. The number of nitrogens with zero attached hydrogens (tertiary/aromatic N) is 3. The van der Waals surface area contributed by atoms with Crippen molar-refractivity contribution in [3.8, 4) is 0 Å². The van der Waals surface area contributed by atoms with Gasteiger partial charge in [-0.1, -0.05) is 0 Å². The second-order valence-corrected chi connectivity index (χ2v) is 7.46. The van der Waals surface area contributed by atoms with Gasteiger partial charge in [-0.3, -0.25) is 9.69 Å². The maximum Gasteiger partial charge on any atom is 1.00 e. The Kier molecular flexibility index (Phi) is 4.46. The summed E-state index contributed by atoms with van der Waals surface area (Å²) in [6, 6.07) is 0. The van der Waals surface area contributed by atoms with Gasteiger partial charge in [0.25, 0.3) is 5.91 Å². The van der Waals surface area contributed by atoms with Crippen molar-refractivity contribution in [2.75, 3.05) is 0 Å².